The molecule has 4 aromatic rings. The van der Waals surface area contributed by atoms with Crippen LogP contribution in [0.4, 0.5) is 23.5 Å². The van der Waals surface area contributed by atoms with Gasteiger partial charge < -0.3 is 29.6 Å². The predicted molar refractivity (Wildman–Crippen MR) is 152 cm³/mol. The summed E-state index contributed by atoms with van der Waals surface area (Å²) in [7, 11) is 0. The predicted octanol–water partition coefficient (Wildman–Crippen LogP) is 2.90. The number of aryl methyl sites for hydroxylation is 1. The molecular weight excluding hydrogens is 494 g/mol. The second kappa shape index (κ2) is 11.9. The number of nitrogens with zero attached hydrogens (tertiary/aromatic N) is 7. The third-order valence-electron chi connectivity index (χ3n) is 7.11. The van der Waals surface area contributed by atoms with Gasteiger partial charge in [-0.05, 0) is 30.7 Å². The zero-order valence-electron chi connectivity index (χ0n) is 22.3. The fourth-order valence-corrected chi connectivity index (χ4v) is 4.97. The summed E-state index contributed by atoms with van der Waals surface area (Å²) in [5.74, 6) is 2.70. The minimum absolute atomic E-state index is 0.505. The summed E-state index contributed by atoms with van der Waals surface area (Å²) in [5.41, 5.74) is 4.16. The maximum absolute atomic E-state index is 5.54. The topological polar surface area (TPSA) is 105 Å². The number of ether oxygens (including phenoxy) is 2. The van der Waals surface area contributed by atoms with Crippen LogP contribution in [0, 0.1) is 6.92 Å². The fourth-order valence-electron chi connectivity index (χ4n) is 4.97. The summed E-state index contributed by atoms with van der Waals surface area (Å²) >= 11 is 0. The molecule has 0 aliphatic carbocycles. The van der Waals surface area contributed by atoms with E-state index >= 15 is 0 Å². The van der Waals surface area contributed by atoms with Gasteiger partial charge in [0.1, 0.15) is 5.82 Å². The number of hydrogen-bond donors (Lipinski definition) is 2. The Labute approximate surface area is 228 Å². The van der Waals surface area contributed by atoms with Gasteiger partial charge in [-0.25, -0.2) is 4.98 Å². The molecule has 2 fully saturated rings. The molecule has 2 aromatic carbocycles. The first-order valence-corrected chi connectivity index (χ1v) is 13.6. The van der Waals surface area contributed by atoms with Crippen molar-refractivity contribution in [1.82, 2.24) is 29.4 Å². The number of fused-ring (bicyclic) bond motifs is 1. The van der Waals surface area contributed by atoms with Crippen LogP contribution in [0.5, 0.6) is 0 Å². The van der Waals surface area contributed by atoms with Gasteiger partial charge in [0.05, 0.1) is 37.5 Å². The molecule has 4 heterocycles. The Morgan fingerprint density at radius 1 is 0.821 bits per heavy atom. The van der Waals surface area contributed by atoms with Crippen molar-refractivity contribution in [2.75, 3.05) is 81.2 Å². The van der Waals surface area contributed by atoms with Crippen LogP contribution in [-0.4, -0.2) is 95.1 Å². The highest BCUT2D eigenvalue weighted by Gasteiger charge is 2.18. The molecular formula is C28H35N9O2. The summed E-state index contributed by atoms with van der Waals surface area (Å²) in [5, 5.41) is 6.84. The first-order chi connectivity index (χ1) is 19.2. The smallest absolute Gasteiger partial charge is 0.233 e. The SMILES string of the molecule is Cc1nc2ccc(Nc3nc(NCCN4CCOCC4)nc(N4CCOCC4)n3)cc2n1Cc1ccccc1. The average molecular weight is 530 g/mol. The van der Waals surface area contributed by atoms with E-state index in [1.54, 1.807) is 0 Å². The van der Waals surface area contributed by atoms with E-state index in [0.717, 1.165) is 81.6 Å². The molecule has 204 valence electrons. The molecule has 0 radical (unpaired) electrons. The van der Waals surface area contributed by atoms with Crippen molar-refractivity contribution in [1.29, 1.82) is 0 Å². The maximum Gasteiger partial charge on any atom is 0.233 e. The number of hydrogen-bond acceptors (Lipinski definition) is 10. The van der Waals surface area contributed by atoms with E-state index < -0.39 is 0 Å². The van der Waals surface area contributed by atoms with Crippen LogP contribution >= 0.6 is 0 Å². The van der Waals surface area contributed by atoms with Gasteiger partial charge in [0.25, 0.3) is 0 Å². The van der Waals surface area contributed by atoms with Crippen LogP contribution < -0.4 is 15.5 Å². The number of nitrogens with one attached hydrogen (secondary N) is 2. The Morgan fingerprint density at radius 3 is 2.36 bits per heavy atom. The van der Waals surface area contributed by atoms with E-state index in [-0.39, 0.29) is 0 Å². The Hall–Kier alpha value is -3.80. The van der Waals surface area contributed by atoms with E-state index in [9.17, 15) is 0 Å². The zero-order chi connectivity index (χ0) is 26.4. The Morgan fingerprint density at radius 2 is 1.56 bits per heavy atom. The van der Waals surface area contributed by atoms with Crippen molar-refractivity contribution in [3.63, 3.8) is 0 Å². The largest absolute Gasteiger partial charge is 0.379 e. The standard InChI is InChI=1S/C28H35N9O2/c1-21-30-24-8-7-23(19-25(24)37(21)20-22-5-3-2-4-6-22)31-27-32-26(29-9-10-35-11-15-38-16-12-35)33-28(34-27)36-13-17-39-18-14-36/h2-8,19H,9-18,20H2,1H3,(H2,29,31,32,33,34). The van der Waals surface area contributed by atoms with E-state index in [4.69, 9.17) is 29.4 Å². The molecule has 0 saturated carbocycles. The summed E-state index contributed by atoms with van der Waals surface area (Å²) in [6.07, 6.45) is 0. The van der Waals surface area contributed by atoms with Crippen molar-refractivity contribution in [2.24, 2.45) is 0 Å². The summed E-state index contributed by atoms with van der Waals surface area (Å²) in [4.78, 5) is 23.5. The number of morpholine rings is 2. The molecule has 0 unspecified atom stereocenters. The lowest BCUT2D eigenvalue weighted by atomic mass is 10.2. The van der Waals surface area contributed by atoms with E-state index in [2.05, 4.69) is 55.3 Å². The third kappa shape index (κ3) is 6.27. The van der Waals surface area contributed by atoms with Gasteiger partial charge in [-0.3, -0.25) is 4.90 Å². The summed E-state index contributed by atoms with van der Waals surface area (Å²) in [6.45, 7) is 10.8. The molecule has 11 nitrogen and oxygen atoms in total. The molecule has 2 N–H and O–H groups in total. The lowest BCUT2D eigenvalue weighted by Gasteiger charge is -2.27. The lowest BCUT2D eigenvalue weighted by Crippen LogP contribution is -2.39. The summed E-state index contributed by atoms with van der Waals surface area (Å²) < 4.78 is 13.2. The molecule has 39 heavy (non-hydrogen) atoms. The van der Waals surface area contributed by atoms with Gasteiger partial charge in [0, 0.05) is 51.5 Å². The first kappa shape index (κ1) is 25.5. The fraction of sp³-hybridized carbons (Fsp3) is 0.429. The normalized spacial score (nSPS) is 16.5. The number of rotatable bonds is 9. The molecule has 0 atom stereocenters. The number of benzene rings is 2. The van der Waals surface area contributed by atoms with Gasteiger partial charge in [-0.1, -0.05) is 30.3 Å². The second-order valence-electron chi connectivity index (χ2n) is 9.82. The first-order valence-electron chi connectivity index (χ1n) is 13.6. The van der Waals surface area contributed by atoms with E-state index in [1.807, 2.05) is 25.1 Å². The van der Waals surface area contributed by atoms with Gasteiger partial charge in [-0.2, -0.15) is 15.0 Å². The number of imidazole rings is 1. The highest BCUT2D eigenvalue weighted by molar-refractivity contribution is 5.81. The monoisotopic (exact) mass is 529 g/mol. The highest BCUT2D eigenvalue weighted by Crippen LogP contribution is 2.24. The van der Waals surface area contributed by atoms with Crippen LogP contribution in [0.1, 0.15) is 11.4 Å². The van der Waals surface area contributed by atoms with Crippen LogP contribution in [0.3, 0.4) is 0 Å². The molecule has 2 aromatic heterocycles. The molecule has 11 heteroatoms. The molecule has 2 aliphatic rings. The lowest BCUT2D eigenvalue weighted by molar-refractivity contribution is 0.0398. The zero-order valence-corrected chi connectivity index (χ0v) is 22.3. The minimum Gasteiger partial charge on any atom is -0.379 e. The molecule has 6 rings (SSSR count). The number of anilines is 4. The molecule has 0 spiro atoms. The molecule has 2 saturated heterocycles. The Balaban J connectivity index is 1.24. The van der Waals surface area contributed by atoms with E-state index in [1.165, 1.54) is 5.56 Å². The second-order valence-corrected chi connectivity index (χ2v) is 9.82. The average Bonchev–Trinajstić information content (AvgIpc) is 3.28. The number of aromatic nitrogens is 5. The van der Waals surface area contributed by atoms with Gasteiger partial charge >= 0.3 is 0 Å². The van der Waals surface area contributed by atoms with Crippen molar-refractivity contribution in [2.45, 2.75) is 13.5 Å². The summed E-state index contributed by atoms with van der Waals surface area (Å²) in [6, 6.07) is 16.6. The van der Waals surface area contributed by atoms with E-state index in [0.29, 0.717) is 31.1 Å². The van der Waals surface area contributed by atoms with Gasteiger partial charge in [0.15, 0.2) is 0 Å². The van der Waals surface area contributed by atoms with Crippen molar-refractivity contribution >= 4 is 34.6 Å². The molecule has 0 amide bonds. The van der Waals surface area contributed by atoms with Crippen LogP contribution in [0.15, 0.2) is 48.5 Å². The quantitative estimate of drug-likeness (QED) is 0.336. The van der Waals surface area contributed by atoms with Crippen molar-refractivity contribution in [3.8, 4) is 0 Å². The maximum atomic E-state index is 5.54. The highest BCUT2D eigenvalue weighted by atomic mass is 16.5. The molecule has 0 bridgehead atoms. The van der Waals surface area contributed by atoms with Gasteiger partial charge in [0.2, 0.25) is 17.8 Å². The van der Waals surface area contributed by atoms with Crippen molar-refractivity contribution in [3.05, 3.63) is 59.9 Å². The van der Waals surface area contributed by atoms with Crippen LogP contribution in [-0.2, 0) is 16.0 Å². The Kier molecular flexibility index (Phi) is 7.80. The van der Waals surface area contributed by atoms with Crippen LogP contribution in [0.25, 0.3) is 11.0 Å². The van der Waals surface area contributed by atoms with Gasteiger partial charge in [-0.15, -0.1) is 0 Å². The third-order valence-corrected chi connectivity index (χ3v) is 7.11. The van der Waals surface area contributed by atoms with Crippen molar-refractivity contribution < 1.29 is 9.47 Å². The molecule has 2 aliphatic heterocycles. The van der Waals surface area contributed by atoms with Crippen LogP contribution in [0.2, 0.25) is 0 Å². The minimum atomic E-state index is 0.505. The Bertz CT molecular complexity index is 1380.